The van der Waals surface area contributed by atoms with Gasteiger partial charge in [0, 0.05) is 32.6 Å². The van der Waals surface area contributed by atoms with Crippen LogP contribution >= 0.6 is 0 Å². The molecule has 0 saturated heterocycles. The Bertz CT molecular complexity index is 585. The number of hydrogen-bond donors (Lipinski definition) is 2. The van der Waals surface area contributed by atoms with E-state index in [0.717, 1.165) is 30.6 Å². The van der Waals surface area contributed by atoms with Crippen molar-refractivity contribution in [2.45, 2.75) is 51.5 Å². The Morgan fingerprint density at radius 2 is 1.96 bits per heavy atom. The van der Waals surface area contributed by atoms with Crippen LogP contribution in [0.2, 0.25) is 0 Å². The molecule has 0 bridgehead atoms. The van der Waals surface area contributed by atoms with Gasteiger partial charge in [-0.25, -0.2) is 4.79 Å². The first kappa shape index (κ1) is 20.1. The van der Waals surface area contributed by atoms with Gasteiger partial charge in [0.25, 0.3) is 0 Å². The number of nitrogens with zero attached hydrogens (tertiary/aromatic N) is 1. The highest BCUT2D eigenvalue weighted by atomic mass is 16.5. The van der Waals surface area contributed by atoms with E-state index in [9.17, 15) is 9.59 Å². The summed E-state index contributed by atoms with van der Waals surface area (Å²) in [6.45, 7) is 3.15. The fourth-order valence-corrected chi connectivity index (χ4v) is 3.31. The molecular formula is C20H31N3O3. The molecule has 0 radical (unpaired) electrons. The largest absolute Gasteiger partial charge is 0.497 e. The molecule has 0 spiro atoms. The molecular weight excluding hydrogens is 330 g/mol. The number of amides is 3. The average Bonchev–Trinajstić information content (AvgIpc) is 2.65. The van der Waals surface area contributed by atoms with E-state index in [1.54, 1.807) is 18.9 Å². The van der Waals surface area contributed by atoms with Crippen LogP contribution < -0.4 is 15.4 Å². The molecule has 144 valence electrons. The van der Waals surface area contributed by atoms with Gasteiger partial charge in [0.1, 0.15) is 5.75 Å². The first-order valence-corrected chi connectivity index (χ1v) is 9.51. The molecule has 0 aromatic heterocycles. The van der Waals surface area contributed by atoms with Crippen LogP contribution in [0.5, 0.6) is 5.75 Å². The van der Waals surface area contributed by atoms with Gasteiger partial charge in [-0.3, -0.25) is 4.79 Å². The van der Waals surface area contributed by atoms with E-state index >= 15 is 0 Å². The van der Waals surface area contributed by atoms with Crippen LogP contribution in [-0.4, -0.2) is 49.6 Å². The second kappa shape index (κ2) is 10.7. The van der Waals surface area contributed by atoms with E-state index < -0.39 is 0 Å². The Labute approximate surface area is 156 Å². The molecule has 0 heterocycles. The highest BCUT2D eigenvalue weighted by Gasteiger charge is 2.15. The fraction of sp³-hybridized carbons (Fsp3) is 0.600. The van der Waals surface area contributed by atoms with Crippen LogP contribution in [0.15, 0.2) is 24.3 Å². The second-order valence-electron chi connectivity index (χ2n) is 6.84. The number of nitrogens with one attached hydrogen (secondary N) is 2. The number of carbonyl (C=O) groups is 2. The lowest BCUT2D eigenvalue weighted by Gasteiger charge is -2.24. The summed E-state index contributed by atoms with van der Waals surface area (Å²) in [4.78, 5) is 25.6. The quantitative estimate of drug-likeness (QED) is 0.748. The Hall–Kier alpha value is -2.24. The van der Waals surface area contributed by atoms with Crippen LogP contribution in [-0.2, 0) is 11.2 Å². The zero-order valence-corrected chi connectivity index (χ0v) is 15.9. The maximum atomic E-state index is 12.0. The molecule has 3 amide bonds. The van der Waals surface area contributed by atoms with Crippen molar-refractivity contribution in [2.75, 3.05) is 26.7 Å². The third-order valence-electron chi connectivity index (χ3n) is 4.86. The smallest absolute Gasteiger partial charge is 0.315 e. The van der Waals surface area contributed by atoms with Gasteiger partial charge in [0.15, 0.2) is 0 Å². The van der Waals surface area contributed by atoms with Gasteiger partial charge < -0.3 is 20.3 Å². The van der Waals surface area contributed by atoms with E-state index in [2.05, 4.69) is 10.6 Å². The van der Waals surface area contributed by atoms with Crippen molar-refractivity contribution in [1.29, 1.82) is 0 Å². The van der Waals surface area contributed by atoms with Gasteiger partial charge in [-0.15, -0.1) is 0 Å². The highest BCUT2D eigenvalue weighted by Crippen LogP contribution is 2.17. The summed E-state index contributed by atoms with van der Waals surface area (Å²) in [5, 5.41) is 5.89. The molecule has 6 heteroatoms. The summed E-state index contributed by atoms with van der Waals surface area (Å²) in [6, 6.07) is 8.02. The summed E-state index contributed by atoms with van der Waals surface area (Å²) in [7, 11) is 1.64. The zero-order chi connectivity index (χ0) is 18.8. The first-order valence-electron chi connectivity index (χ1n) is 9.51. The number of ether oxygens (including phenoxy) is 1. The third kappa shape index (κ3) is 6.94. The molecule has 0 atom stereocenters. The molecule has 0 aliphatic heterocycles. The molecule has 1 fully saturated rings. The Morgan fingerprint density at radius 3 is 2.65 bits per heavy atom. The minimum atomic E-state index is -0.131. The SMILES string of the molecule is COc1cccc(CCN(CCNC(=O)NC2CCCCC2)C(C)=O)c1. The lowest BCUT2D eigenvalue weighted by Crippen LogP contribution is -2.45. The summed E-state index contributed by atoms with van der Waals surface area (Å²) in [5.74, 6) is 0.834. The average molecular weight is 361 g/mol. The fourth-order valence-electron chi connectivity index (χ4n) is 3.31. The van der Waals surface area contributed by atoms with Gasteiger partial charge >= 0.3 is 6.03 Å². The molecule has 2 rings (SSSR count). The molecule has 26 heavy (non-hydrogen) atoms. The predicted octanol–water partition coefficient (Wildman–Crippen LogP) is 2.72. The molecule has 0 unspecified atom stereocenters. The van der Waals surface area contributed by atoms with Gasteiger partial charge in [0.05, 0.1) is 7.11 Å². The number of rotatable bonds is 8. The van der Waals surface area contributed by atoms with Gasteiger partial charge in [0.2, 0.25) is 5.91 Å². The van der Waals surface area contributed by atoms with Crippen molar-refractivity contribution < 1.29 is 14.3 Å². The summed E-state index contributed by atoms with van der Waals surface area (Å²) in [6.07, 6.45) is 6.52. The number of hydrogen-bond acceptors (Lipinski definition) is 3. The topological polar surface area (TPSA) is 70.7 Å². The first-order chi connectivity index (χ1) is 12.6. The molecule has 1 aliphatic rings. The van der Waals surface area contributed by atoms with E-state index in [4.69, 9.17) is 4.74 Å². The van der Waals surface area contributed by atoms with Crippen LogP contribution in [0.3, 0.4) is 0 Å². The molecule has 1 aromatic rings. The Balaban J connectivity index is 1.71. The lowest BCUT2D eigenvalue weighted by atomic mass is 9.96. The summed E-state index contributed by atoms with van der Waals surface area (Å²) in [5.41, 5.74) is 1.12. The van der Waals surface area contributed by atoms with Crippen LogP contribution in [0, 0.1) is 0 Å². The maximum absolute atomic E-state index is 12.0. The maximum Gasteiger partial charge on any atom is 0.315 e. The number of benzene rings is 1. The lowest BCUT2D eigenvalue weighted by molar-refractivity contribution is -0.128. The van der Waals surface area contributed by atoms with E-state index in [-0.39, 0.29) is 11.9 Å². The van der Waals surface area contributed by atoms with Crippen molar-refractivity contribution in [1.82, 2.24) is 15.5 Å². The van der Waals surface area contributed by atoms with Crippen molar-refractivity contribution >= 4 is 11.9 Å². The standard InChI is InChI=1S/C20H31N3O3/c1-16(24)23(13-11-17-7-6-10-19(15-17)26-2)14-12-21-20(25)22-18-8-4-3-5-9-18/h6-7,10,15,18H,3-5,8-9,11-14H2,1-2H3,(H2,21,22,25). The van der Waals surface area contributed by atoms with Crippen molar-refractivity contribution in [3.05, 3.63) is 29.8 Å². The predicted molar refractivity (Wildman–Crippen MR) is 102 cm³/mol. The minimum Gasteiger partial charge on any atom is -0.497 e. The van der Waals surface area contributed by atoms with Crippen molar-refractivity contribution in [2.24, 2.45) is 0 Å². The van der Waals surface area contributed by atoms with Crippen LogP contribution in [0.1, 0.15) is 44.6 Å². The van der Waals surface area contributed by atoms with E-state index in [1.165, 1.54) is 19.3 Å². The Morgan fingerprint density at radius 1 is 1.19 bits per heavy atom. The minimum absolute atomic E-state index is 0.0161. The van der Waals surface area contributed by atoms with E-state index in [1.807, 2.05) is 24.3 Å². The number of urea groups is 1. The van der Waals surface area contributed by atoms with Crippen LogP contribution in [0.25, 0.3) is 0 Å². The summed E-state index contributed by atoms with van der Waals surface area (Å²) >= 11 is 0. The summed E-state index contributed by atoms with van der Waals surface area (Å²) < 4.78 is 5.23. The van der Waals surface area contributed by atoms with Crippen molar-refractivity contribution in [3.8, 4) is 5.75 Å². The zero-order valence-electron chi connectivity index (χ0n) is 15.9. The molecule has 1 saturated carbocycles. The monoisotopic (exact) mass is 361 g/mol. The van der Waals surface area contributed by atoms with E-state index in [0.29, 0.717) is 25.7 Å². The van der Waals surface area contributed by atoms with Crippen molar-refractivity contribution in [3.63, 3.8) is 0 Å². The van der Waals surface area contributed by atoms with Gasteiger partial charge in [-0.05, 0) is 37.0 Å². The highest BCUT2D eigenvalue weighted by molar-refractivity contribution is 5.75. The van der Waals surface area contributed by atoms with Gasteiger partial charge in [-0.2, -0.15) is 0 Å². The van der Waals surface area contributed by atoms with Crippen LogP contribution in [0.4, 0.5) is 4.79 Å². The number of methoxy groups -OCH3 is 1. The molecule has 6 nitrogen and oxygen atoms in total. The molecule has 1 aromatic carbocycles. The second-order valence-corrected chi connectivity index (χ2v) is 6.84. The molecule has 2 N–H and O–H groups in total. The number of carbonyl (C=O) groups excluding carboxylic acids is 2. The molecule has 1 aliphatic carbocycles. The normalized spacial score (nSPS) is 14.5. The third-order valence-corrected chi connectivity index (χ3v) is 4.86. The Kier molecular flexibility index (Phi) is 8.25. The van der Waals surface area contributed by atoms with Gasteiger partial charge in [-0.1, -0.05) is 31.4 Å².